The molecule has 2 N–H and O–H groups in total. The van der Waals surface area contributed by atoms with Gasteiger partial charge in [0.25, 0.3) is 5.91 Å². The first-order chi connectivity index (χ1) is 10.8. The molecule has 1 unspecified atom stereocenters. The largest absolute Gasteiger partial charge is 0.352 e. The molecule has 1 aliphatic rings. The lowest BCUT2D eigenvalue weighted by Gasteiger charge is -2.22. The molecule has 3 heterocycles. The lowest BCUT2D eigenvalue weighted by molar-refractivity contribution is 0.0950. The first kappa shape index (κ1) is 20.4. The maximum absolute atomic E-state index is 12.1. The van der Waals surface area contributed by atoms with Crippen LogP contribution in [0.15, 0.2) is 37.1 Å². The quantitative estimate of drug-likeness (QED) is 0.845. The van der Waals surface area contributed by atoms with E-state index in [9.17, 15) is 4.79 Å². The summed E-state index contributed by atoms with van der Waals surface area (Å²) in [7, 11) is 0. The van der Waals surface area contributed by atoms with Gasteiger partial charge in [-0.15, -0.1) is 24.8 Å². The van der Waals surface area contributed by atoms with Crippen molar-refractivity contribution in [1.29, 1.82) is 0 Å². The van der Waals surface area contributed by atoms with Crippen molar-refractivity contribution < 1.29 is 4.79 Å². The number of halogens is 2. The van der Waals surface area contributed by atoms with Crippen LogP contribution in [0.1, 0.15) is 29.6 Å². The van der Waals surface area contributed by atoms with Gasteiger partial charge in [0.15, 0.2) is 0 Å². The standard InChI is InChI=1S/C16H21N5O.2ClH/c22-16(19-7-5-13-2-1-6-17-10-13)14-3-4-15(20-11-14)21-9-8-18-12-21;;/h3-4,8-9,11-13,17H,1-2,5-7,10H2,(H,19,22);2*1H. The summed E-state index contributed by atoms with van der Waals surface area (Å²) >= 11 is 0. The predicted octanol–water partition coefficient (Wildman–Crippen LogP) is 2.23. The molecule has 0 spiro atoms. The smallest absolute Gasteiger partial charge is 0.252 e. The Balaban J connectivity index is 0.00000144. The van der Waals surface area contributed by atoms with Crippen molar-refractivity contribution in [2.24, 2.45) is 5.92 Å². The Bertz CT molecular complexity index is 597. The topological polar surface area (TPSA) is 71.8 Å². The zero-order chi connectivity index (χ0) is 15.2. The fraction of sp³-hybridized carbons (Fsp3) is 0.438. The van der Waals surface area contributed by atoms with E-state index < -0.39 is 0 Å². The van der Waals surface area contributed by atoms with Gasteiger partial charge >= 0.3 is 0 Å². The van der Waals surface area contributed by atoms with E-state index in [1.54, 1.807) is 29.4 Å². The Morgan fingerprint density at radius 2 is 2.25 bits per heavy atom. The second-order valence-corrected chi connectivity index (χ2v) is 5.63. The van der Waals surface area contributed by atoms with E-state index in [0.29, 0.717) is 18.0 Å². The average molecular weight is 372 g/mol. The SMILES string of the molecule is Cl.Cl.O=C(NCCC1CCCNC1)c1ccc(-n2ccnc2)nc1. The molecule has 0 bridgehead atoms. The highest BCUT2D eigenvalue weighted by Gasteiger charge is 2.13. The van der Waals surface area contributed by atoms with Gasteiger partial charge < -0.3 is 10.6 Å². The Kier molecular flexibility index (Phi) is 8.74. The van der Waals surface area contributed by atoms with Crippen LogP contribution in [0.3, 0.4) is 0 Å². The number of carbonyl (C=O) groups excluding carboxylic acids is 1. The van der Waals surface area contributed by atoms with E-state index in [0.717, 1.165) is 25.3 Å². The van der Waals surface area contributed by atoms with Crippen LogP contribution in [-0.2, 0) is 0 Å². The minimum absolute atomic E-state index is 0. The number of hydrogen-bond acceptors (Lipinski definition) is 4. The average Bonchev–Trinajstić information content (AvgIpc) is 3.10. The predicted molar refractivity (Wildman–Crippen MR) is 98.4 cm³/mol. The molecule has 1 aliphatic heterocycles. The second kappa shape index (κ2) is 10.3. The molecule has 2 aromatic heterocycles. The highest BCUT2D eigenvalue weighted by molar-refractivity contribution is 5.93. The number of piperidine rings is 1. The van der Waals surface area contributed by atoms with Gasteiger partial charge in [-0.05, 0) is 50.4 Å². The molecule has 132 valence electrons. The van der Waals surface area contributed by atoms with Crippen LogP contribution in [-0.4, -0.2) is 40.1 Å². The van der Waals surface area contributed by atoms with Gasteiger partial charge in [-0.2, -0.15) is 0 Å². The fourth-order valence-electron chi connectivity index (χ4n) is 2.73. The zero-order valence-corrected chi connectivity index (χ0v) is 15.0. The minimum atomic E-state index is -0.0616. The number of pyridine rings is 1. The maximum Gasteiger partial charge on any atom is 0.252 e. The molecule has 8 heteroatoms. The molecular weight excluding hydrogens is 349 g/mol. The van der Waals surface area contributed by atoms with E-state index >= 15 is 0 Å². The number of amides is 1. The summed E-state index contributed by atoms with van der Waals surface area (Å²) in [5.41, 5.74) is 0.589. The van der Waals surface area contributed by atoms with Crippen LogP contribution in [0.2, 0.25) is 0 Å². The minimum Gasteiger partial charge on any atom is -0.352 e. The molecule has 1 amide bonds. The summed E-state index contributed by atoms with van der Waals surface area (Å²) < 4.78 is 1.80. The first-order valence-electron chi connectivity index (χ1n) is 7.76. The fourth-order valence-corrected chi connectivity index (χ4v) is 2.73. The molecule has 2 aromatic rings. The second-order valence-electron chi connectivity index (χ2n) is 5.63. The molecule has 0 saturated carbocycles. The van der Waals surface area contributed by atoms with Crippen LogP contribution in [0.25, 0.3) is 5.82 Å². The normalized spacial score (nSPS) is 16.6. The molecule has 0 radical (unpaired) electrons. The van der Waals surface area contributed by atoms with Crippen LogP contribution in [0, 0.1) is 5.92 Å². The van der Waals surface area contributed by atoms with Crippen molar-refractivity contribution in [3.8, 4) is 5.82 Å². The third-order valence-corrected chi connectivity index (χ3v) is 4.02. The van der Waals surface area contributed by atoms with Crippen LogP contribution in [0.5, 0.6) is 0 Å². The van der Waals surface area contributed by atoms with Gasteiger partial charge in [0.1, 0.15) is 12.1 Å². The molecule has 0 aliphatic carbocycles. The van der Waals surface area contributed by atoms with Crippen molar-refractivity contribution in [2.45, 2.75) is 19.3 Å². The Hall–Kier alpha value is -1.63. The van der Waals surface area contributed by atoms with Crippen molar-refractivity contribution >= 4 is 30.7 Å². The summed E-state index contributed by atoms with van der Waals surface area (Å²) in [6.45, 7) is 2.91. The summed E-state index contributed by atoms with van der Waals surface area (Å²) in [5, 5.41) is 6.37. The number of imidazole rings is 1. The van der Waals surface area contributed by atoms with E-state index in [-0.39, 0.29) is 30.7 Å². The third-order valence-electron chi connectivity index (χ3n) is 4.02. The van der Waals surface area contributed by atoms with E-state index in [4.69, 9.17) is 0 Å². The zero-order valence-electron chi connectivity index (χ0n) is 13.4. The number of aromatic nitrogens is 3. The Morgan fingerprint density at radius 1 is 1.38 bits per heavy atom. The van der Waals surface area contributed by atoms with E-state index in [1.807, 2.05) is 12.3 Å². The lowest BCUT2D eigenvalue weighted by Crippen LogP contribution is -2.33. The number of rotatable bonds is 5. The van der Waals surface area contributed by atoms with Crippen molar-refractivity contribution in [2.75, 3.05) is 19.6 Å². The molecule has 6 nitrogen and oxygen atoms in total. The van der Waals surface area contributed by atoms with Gasteiger partial charge in [-0.1, -0.05) is 0 Å². The van der Waals surface area contributed by atoms with Crippen LogP contribution < -0.4 is 10.6 Å². The number of nitrogens with one attached hydrogen (secondary N) is 2. The summed E-state index contributed by atoms with van der Waals surface area (Å²) in [5.74, 6) is 1.37. The highest BCUT2D eigenvalue weighted by Crippen LogP contribution is 2.13. The van der Waals surface area contributed by atoms with Crippen molar-refractivity contribution in [3.05, 3.63) is 42.6 Å². The number of nitrogens with zero attached hydrogens (tertiary/aromatic N) is 3. The van der Waals surface area contributed by atoms with Gasteiger partial charge in [-0.25, -0.2) is 9.97 Å². The third kappa shape index (κ3) is 5.47. The molecule has 1 fully saturated rings. The number of carbonyl (C=O) groups is 1. The molecule has 0 aromatic carbocycles. The van der Waals surface area contributed by atoms with Crippen molar-refractivity contribution in [3.63, 3.8) is 0 Å². The van der Waals surface area contributed by atoms with Gasteiger partial charge in [-0.3, -0.25) is 9.36 Å². The molecule has 24 heavy (non-hydrogen) atoms. The Morgan fingerprint density at radius 3 is 2.88 bits per heavy atom. The van der Waals surface area contributed by atoms with Gasteiger partial charge in [0.05, 0.1) is 5.56 Å². The summed E-state index contributed by atoms with van der Waals surface area (Å²) in [4.78, 5) is 20.4. The first-order valence-corrected chi connectivity index (χ1v) is 7.76. The van der Waals surface area contributed by atoms with Gasteiger partial charge in [0, 0.05) is 25.1 Å². The molecule has 1 saturated heterocycles. The maximum atomic E-state index is 12.1. The van der Waals surface area contributed by atoms with Crippen LogP contribution in [0.4, 0.5) is 0 Å². The molecule has 3 rings (SSSR count). The molecular formula is C16H23Cl2N5O. The van der Waals surface area contributed by atoms with E-state index in [1.165, 1.54) is 12.8 Å². The van der Waals surface area contributed by atoms with Gasteiger partial charge in [0.2, 0.25) is 0 Å². The summed E-state index contributed by atoms with van der Waals surface area (Å²) in [6.07, 6.45) is 10.3. The highest BCUT2D eigenvalue weighted by atomic mass is 35.5. The van der Waals surface area contributed by atoms with Crippen molar-refractivity contribution in [1.82, 2.24) is 25.2 Å². The van der Waals surface area contributed by atoms with Crippen LogP contribution >= 0.6 is 24.8 Å². The Labute approximate surface area is 154 Å². The lowest BCUT2D eigenvalue weighted by atomic mass is 9.96. The number of hydrogen-bond donors (Lipinski definition) is 2. The molecule has 1 atom stereocenters. The summed E-state index contributed by atoms with van der Waals surface area (Å²) in [6, 6.07) is 3.61. The van der Waals surface area contributed by atoms with E-state index in [2.05, 4.69) is 20.6 Å². The monoisotopic (exact) mass is 371 g/mol.